The topological polar surface area (TPSA) is 47.6 Å². The molecule has 6 heteroatoms. The van der Waals surface area contributed by atoms with Gasteiger partial charge in [0.2, 0.25) is 0 Å². The molecule has 19 heavy (non-hydrogen) atoms. The molecule has 0 atom stereocenters. The number of amides is 1. The van der Waals surface area contributed by atoms with E-state index >= 15 is 0 Å². The Morgan fingerprint density at radius 3 is 2.47 bits per heavy atom. The largest absolute Gasteiger partial charge is 0.351 e. The average molecular weight is 395 g/mol. The van der Waals surface area contributed by atoms with Crippen molar-refractivity contribution >= 4 is 37.8 Å². The van der Waals surface area contributed by atoms with E-state index in [4.69, 9.17) is 9.47 Å². The van der Waals surface area contributed by atoms with E-state index in [2.05, 4.69) is 37.2 Å². The molecule has 0 fully saturated rings. The Hall–Kier alpha value is -0.430. The molecule has 0 aliphatic rings. The van der Waals surface area contributed by atoms with Gasteiger partial charge in [-0.25, -0.2) is 0 Å². The standard InChI is InChI=1S/C13H17Br2NO3/c1-3-18-12(19-4-2)8-16-13(17)10-7-9(14)5-6-11(10)15/h5-7,12H,3-4,8H2,1-2H3,(H,16,17). The van der Waals surface area contributed by atoms with Gasteiger partial charge in [0, 0.05) is 22.2 Å². The zero-order valence-corrected chi connectivity index (χ0v) is 14.1. The maximum absolute atomic E-state index is 12.1. The molecule has 0 unspecified atom stereocenters. The van der Waals surface area contributed by atoms with Crippen LogP contribution in [0.5, 0.6) is 0 Å². The summed E-state index contributed by atoms with van der Waals surface area (Å²) in [7, 11) is 0. The summed E-state index contributed by atoms with van der Waals surface area (Å²) in [5.41, 5.74) is 0.570. The summed E-state index contributed by atoms with van der Waals surface area (Å²) in [5.74, 6) is -0.169. The SMILES string of the molecule is CCOC(CNC(=O)c1cc(Br)ccc1Br)OCC. The third-order valence-electron chi connectivity index (χ3n) is 2.31. The Morgan fingerprint density at radius 1 is 1.26 bits per heavy atom. The first kappa shape index (κ1) is 16.6. The molecule has 1 aromatic carbocycles. The number of carbonyl (C=O) groups excluding carboxylic acids is 1. The van der Waals surface area contributed by atoms with Crippen LogP contribution in [0, 0.1) is 0 Å². The van der Waals surface area contributed by atoms with Crippen LogP contribution in [0.1, 0.15) is 24.2 Å². The number of nitrogens with one attached hydrogen (secondary N) is 1. The van der Waals surface area contributed by atoms with Gasteiger partial charge in [-0.15, -0.1) is 0 Å². The van der Waals surface area contributed by atoms with Gasteiger partial charge in [0.25, 0.3) is 5.91 Å². The summed E-state index contributed by atoms with van der Waals surface area (Å²) in [6, 6.07) is 5.45. The first-order chi connectivity index (χ1) is 9.08. The van der Waals surface area contributed by atoms with Crippen LogP contribution in [0.4, 0.5) is 0 Å². The molecular formula is C13H17Br2NO3. The minimum absolute atomic E-state index is 0.169. The fourth-order valence-electron chi connectivity index (χ4n) is 1.48. The highest BCUT2D eigenvalue weighted by Crippen LogP contribution is 2.21. The molecule has 0 aliphatic heterocycles. The quantitative estimate of drug-likeness (QED) is 0.721. The highest BCUT2D eigenvalue weighted by Gasteiger charge is 2.13. The Balaban J connectivity index is 2.61. The highest BCUT2D eigenvalue weighted by molar-refractivity contribution is 9.11. The van der Waals surface area contributed by atoms with E-state index in [1.165, 1.54) is 0 Å². The number of benzene rings is 1. The van der Waals surface area contributed by atoms with Gasteiger partial charge < -0.3 is 14.8 Å². The third-order valence-corrected chi connectivity index (χ3v) is 3.49. The molecule has 0 bridgehead atoms. The van der Waals surface area contributed by atoms with Gasteiger partial charge in [-0.1, -0.05) is 15.9 Å². The second-order valence-electron chi connectivity index (χ2n) is 3.67. The fraction of sp³-hybridized carbons (Fsp3) is 0.462. The molecule has 0 spiro atoms. The molecule has 0 saturated carbocycles. The highest BCUT2D eigenvalue weighted by atomic mass is 79.9. The molecule has 1 N–H and O–H groups in total. The van der Waals surface area contributed by atoms with E-state index in [0.717, 1.165) is 8.95 Å². The lowest BCUT2D eigenvalue weighted by atomic mass is 10.2. The number of carbonyl (C=O) groups is 1. The Bertz CT molecular complexity index is 420. The Kier molecular flexibility index (Phi) is 7.60. The van der Waals surface area contributed by atoms with Crippen LogP contribution in [0.2, 0.25) is 0 Å². The van der Waals surface area contributed by atoms with Crippen molar-refractivity contribution in [3.63, 3.8) is 0 Å². The van der Waals surface area contributed by atoms with E-state index in [-0.39, 0.29) is 5.91 Å². The monoisotopic (exact) mass is 393 g/mol. The van der Waals surface area contributed by atoms with Gasteiger partial charge in [-0.05, 0) is 48.0 Å². The van der Waals surface area contributed by atoms with E-state index in [9.17, 15) is 4.79 Å². The molecular weight excluding hydrogens is 378 g/mol. The van der Waals surface area contributed by atoms with Crippen LogP contribution >= 0.6 is 31.9 Å². The first-order valence-electron chi connectivity index (χ1n) is 6.04. The van der Waals surface area contributed by atoms with Gasteiger partial charge in [0.15, 0.2) is 6.29 Å². The number of halogens is 2. The molecule has 1 aromatic rings. The second kappa shape index (κ2) is 8.68. The molecule has 0 radical (unpaired) electrons. The number of hydrogen-bond acceptors (Lipinski definition) is 3. The van der Waals surface area contributed by atoms with Crippen molar-refractivity contribution < 1.29 is 14.3 Å². The first-order valence-corrected chi connectivity index (χ1v) is 7.63. The maximum atomic E-state index is 12.1. The van der Waals surface area contributed by atoms with E-state index in [1.54, 1.807) is 6.07 Å². The summed E-state index contributed by atoms with van der Waals surface area (Å²) in [6.45, 7) is 5.18. The van der Waals surface area contributed by atoms with Gasteiger partial charge >= 0.3 is 0 Å². The normalized spacial score (nSPS) is 10.8. The van der Waals surface area contributed by atoms with Crippen molar-refractivity contribution in [2.75, 3.05) is 19.8 Å². The molecule has 4 nitrogen and oxygen atoms in total. The molecule has 0 aromatic heterocycles. The minimum atomic E-state index is -0.412. The van der Waals surface area contributed by atoms with E-state index < -0.39 is 6.29 Å². The van der Waals surface area contributed by atoms with Crippen molar-refractivity contribution in [2.24, 2.45) is 0 Å². The predicted octanol–water partition coefficient (Wildman–Crippen LogP) is 3.34. The minimum Gasteiger partial charge on any atom is -0.351 e. The van der Waals surface area contributed by atoms with Crippen molar-refractivity contribution in [2.45, 2.75) is 20.1 Å². The van der Waals surface area contributed by atoms with Gasteiger partial charge in [0.1, 0.15) is 0 Å². The maximum Gasteiger partial charge on any atom is 0.252 e. The summed E-state index contributed by atoms with van der Waals surface area (Å²) >= 11 is 6.70. The van der Waals surface area contributed by atoms with E-state index in [1.807, 2.05) is 26.0 Å². The summed E-state index contributed by atoms with van der Waals surface area (Å²) in [4.78, 5) is 12.1. The van der Waals surface area contributed by atoms with Gasteiger partial charge in [-0.3, -0.25) is 4.79 Å². The van der Waals surface area contributed by atoms with Crippen molar-refractivity contribution in [3.8, 4) is 0 Å². The lowest BCUT2D eigenvalue weighted by Gasteiger charge is -2.17. The fourth-order valence-corrected chi connectivity index (χ4v) is 2.27. The zero-order chi connectivity index (χ0) is 14.3. The smallest absolute Gasteiger partial charge is 0.252 e. The van der Waals surface area contributed by atoms with Crippen LogP contribution in [-0.4, -0.2) is 32.0 Å². The van der Waals surface area contributed by atoms with E-state index in [0.29, 0.717) is 25.3 Å². The molecule has 1 amide bonds. The molecule has 0 heterocycles. The van der Waals surface area contributed by atoms with Gasteiger partial charge in [-0.2, -0.15) is 0 Å². The number of hydrogen-bond donors (Lipinski definition) is 1. The second-order valence-corrected chi connectivity index (χ2v) is 5.44. The zero-order valence-electron chi connectivity index (χ0n) is 10.9. The van der Waals surface area contributed by atoms with Crippen LogP contribution in [0.25, 0.3) is 0 Å². The molecule has 0 aliphatic carbocycles. The molecule has 106 valence electrons. The summed E-state index contributed by atoms with van der Waals surface area (Å²) < 4.78 is 12.3. The summed E-state index contributed by atoms with van der Waals surface area (Å²) in [5, 5.41) is 2.80. The Morgan fingerprint density at radius 2 is 1.89 bits per heavy atom. The van der Waals surface area contributed by atoms with Crippen LogP contribution in [-0.2, 0) is 9.47 Å². The van der Waals surface area contributed by atoms with Crippen LogP contribution in [0.3, 0.4) is 0 Å². The van der Waals surface area contributed by atoms with Crippen molar-refractivity contribution in [1.82, 2.24) is 5.32 Å². The Labute approximate surface area is 130 Å². The summed E-state index contributed by atoms with van der Waals surface area (Å²) in [6.07, 6.45) is -0.412. The van der Waals surface area contributed by atoms with Crippen LogP contribution < -0.4 is 5.32 Å². The number of ether oxygens (including phenoxy) is 2. The lowest BCUT2D eigenvalue weighted by Crippen LogP contribution is -2.35. The van der Waals surface area contributed by atoms with Crippen molar-refractivity contribution in [1.29, 1.82) is 0 Å². The average Bonchev–Trinajstić information content (AvgIpc) is 2.39. The van der Waals surface area contributed by atoms with Crippen LogP contribution in [0.15, 0.2) is 27.1 Å². The molecule has 0 saturated heterocycles. The van der Waals surface area contributed by atoms with Gasteiger partial charge in [0.05, 0.1) is 12.1 Å². The third kappa shape index (κ3) is 5.60. The molecule has 1 rings (SSSR count). The predicted molar refractivity (Wildman–Crippen MR) is 81.2 cm³/mol. The number of rotatable bonds is 7. The lowest BCUT2D eigenvalue weighted by molar-refractivity contribution is -0.131. The van der Waals surface area contributed by atoms with Crippen molar-refractivity contribution in [3.05, 3.63) is 32.7 Å².